The van der Waals surface area contributed by atoms with Gasteiger partial charge >= 0.3 is 0 Å². The van der Waals surface area contributed by atoms with Crippen LogP contribution < -0.4 is 15.5 Å². The normalized spacial score (nSPS) is 13.5. The molecule has 0 bridgehead atoms. The molecule has 1 saturated heterocycles. The molecule has 0 radical (unpaired) electrons. The summed E-state index contributed by atoms with van der Waals surface area (Å²) in [7, 11) is 0. The Balaban J connectivity index is 1.46. The van der Waals surface area contributed by atoms with Crippen molar-refractivity contribution in [3.8, 4) is 0 Å². The molecular formula is C20H21N3O3. The summed E-state index contributed by atoms with van der Waals surface area (Å²) < 4.78 is 0. The number of carbonyl (C=O) groups excluding carboxylic acids is 3. The van der Waals surface area contributed by atoms with Crippen molar-refractivity contribution in [3.63, 3.8) is 0 Å². The van der Waals surface area contributed by atoms with E-state index in [1.807, 2.05) is 42.5 Å². The summed E-state index contributed by atoms with van der Waals surface area (Å²) >= 11 is 0. The van der Waals surface area contributed by atoms with Gasteiger partial charge in [0.25, 0.3) is 0 Å². The average molecular weight is 351 g/mol. The van der Waals surface area contributed by atoms with Crippen LogP contribution in [0.4, 0.5) is 11.4 Å². The van der Waals surface area contributed by atoms with Crippen LogP contribution in [0.15, 0.2) is 54.6 Å². The molecule has 0 aromatic heterocycles. The monoisotopic (exact) mass is 351 g/mol. The van der Waals surface area contributed by atoms with E-state index in [0.717, 1.165) is 24.2 Å². The van der Waals surface area contributed by atoms with Crippen molar-refractivity contribution in [3.05, 3.63) is 60.2 Å². The Bertz CT molecular complexity index is 788. The van der Waals surface area contributed by atoms with E-state index in [4.69, 9.17) is 0 Å². The van der Waals surface area contributed by atoms with Crippen LogP contribution in [0.3, 0.4) is 0 Å². The summed E-state index contributed by atoms with van der Waals surface area (Å²) in [4.78, 5) is 37.3. The van der Waals surface area contributed by atoms with Gasteiger partial charge in [-0.1, -0.05) is 30.3 Å². The van der Waals surface area contributed by atoms with Gasteiger partial charge in [0.1, 0.15) is 0 Å². The second-order valence-corrected chi connectivity index (χ2v) is 6.18. The molecule has 6 nitrogen and oxygen atoms in total. The fraction of sp³-hybridized carbons (Fsp3) is 0.250. The number of anilines is 2. The fourth-order valence-electron chi connectivity index (χ4n) is 2.87. The van der Waals surface area contributed by atoms with Gasteiger partial charge < -0.3 is 15.5 Å². The van der Waals surface area contributed by atoms with E-state index in [1.54, 1.807) is 17.0 Å². The second-order valence-electron chi connectivity index (χ2n) is 6.18. The summed E-state index contributed by atoms with van der Waals surface area (Å²) in [5.74, 6) is -0.367. The number of nitrogens with one attached hydrogen (secondary N) is 2. The predicted molar refractivity (Wildman–Crippen MR) is 99.8 cm³/mol. The van der Waals surface area contributed by atoms with Crippen LogP contribution in [0.5, 0.6) is 0 Å². The maximum atomic E-state index is 12.0. The number of hydrogen-bond acceptors (Lipinski definition) is 3. The third-order valence-electron chi connectivity index (χ3n) is 4.19. The van der Waals surface area contributed by atoms with Gasteiger partial charge in [-0.2, -0.15) is 0 Å². The van der Waals surface area contributed by atoms with Gasteiger partial charge in [0.05, 0.1) is 13.0 Å². The summed E-state index contributed by atoms with van der Waals surface area (Å²) in [6.07, 6.45) is 1.70. The van der Waals surface area contributed by atoms with Gasteiger partial charge in [0, 0.05) is 24.3 Å². The van der Waals surface area contributed by atoms with Crippen LogP contribution in [0, 0.1) is 0 Å². The van der Waals surface area contributed by atoms with Crippen molar-refractivity contribution in [2.45, 2.75) is 19.3 Å². The molecule has 0 atom stereocenters. The second kappa shape index (κ2) is 8.29. The first-order chi connectivity index (χ1) is 12.6. The van der Waals surface area contributed by atoms with Crippen molar-refractivity contribution in [2.24, 2.45) is 0 Å². The molecule has 1 aliphatic rings. The number of amides is 3. The van der Waals surface area contributed by atoms with Crippen molar-refractivity contribution in [2.75, 3.05) is 23.3 Å². The third kappa shape index (κ3) is 4.69. The van der Waals surface area contributed by atoms with E-state index in [-0.39, 0.29) is 30.7 Å². The van der Waals surface area contributed by atoms with Crippen molar-refractivity contribution < 1.29 is 14.4 Å². The molecule has 2 aromatic carbocycles. The third-order valence-corrected chi connectivity index (χ3v) is 4.19. The van der Waals surface area contributed by atoms with Crippen LogP contribution >= 0.6 is 0 Å². The molecule has 0 saturated carbocycles. The maximum Gasteiger partial charge on any atom is 0.243 e. The molecule has 3 rings (SSSR count). The Morgan fingerprint density at radius 2 is 1.69 bits per heavy atom. The Kier molecular flexibility index (Phi) is 5.63. The Morgan fingerprint density at radius 1 is 0.962 bits per heavy atom. The Hall–Kier alpha value is -3.15. The van der Waals surface area contributed by atoms with E-state index >= 15 is 0 Å². The highest BCUT2D eigenvalue weighted by Gasteiger charge is 2.21. The molecule has 1 fully saturated rings. The summed E-state index contributed by atoms with van der Waals surface area (Å²) in [5, 5.41) is 5.34. The minimum Gasteiger partial charge on any atom is -0.347 e. The zero-order valence-corrected chi connectivity index (χ0v) is 14.4. The number of hydrogen-bond donors (Lipinski definition) is 2. The first kappa shape index (κ1) is 17.7. The first-order valence-corrected chi connectivity index (χ1v) is 8.63. The number of rotatable bonds is 6. The standard InChI is InChI=1S/C20H21N3O3/c24-18(13-15-5-2-1-3-6-15)21-14-19(25)22-16-8-10-17(11-9-16)23-12-4-7-20(23)26/h1-3,5-6,8-11H,4,7,12-14H2,(H,21,24)(H,22,25). The minimum absolute atomic E-state index is 0.0853. The zero-order valence-electron chi connectivity index (χ0n) is 14.4. The van der Waals surface area contributed by atoms with Gasteiger partial charge in [-0.3, -0.25) is 14.4 Å². The molecular weight excluding hydrogens is 330 g/mol. The lowest BCUT2D eigenvalue weighted by Crippen LogP contribution is -2.33. The largest absolute Gasteiger partial charge is 0.347 e. The smallest absolute Gasteiger partial charge is 0.243 e. The van der Waals surface area contributed by atoms with E-state index < -0.39 is 0 Å². The van der Waals surface area contributed by atoms with Crippen molar-refractivity contribution >= 4 is 29.1 Å². The molecule has 2 aromatic rings. The minimum atomic E-state index is -0.295. The quantitative estimate of drug-likeness (QED) is 0.837. The highest BCUT2D eigenvalue weighted by atomic mass is 16.2. The molecule has 6 heteroatoms. The lowest BCUT2D eigenvalue weighted by atomic mass is 10.1. The van der Waals surface area contributed by atoms with Gasteiger partial charge in [-0.05, 0) is 36.2 Å². The van der Waals surface area contributed by atoms with Crippen molar-refractivity contribution in [1.82, 2.24) is 5.32 Å². The van der Waals surface area contributed by atoms with Crippen LogP contribution in [0.1, 0.15) is 18.4 Å². The van der Waals surface area contributed by atoms with Gasteiger partial charge in [-0.25, -0.2) is 0 Å². The van der Waals surface area contributed by atoms with Gasteiger partial charge in [-0.15, -0.1) is 0 Å². The summed E-state index contributed by atoms with van der Waals surface area (Å²) in [5.41, 5.74) is 2.36. The predicted octanol–water partition coefficient (Wildman–Crippen LogP) is 2.11. The van der Waals surface area contributed by atoms with E-state index in [1.165, 1.54) is 0 Å². The molecule has 3 amide bonds. The molecule has 26 heavy (non-hydrogen) atoms. The van der Waals surface area contributed by atoms with E-state index in [0.29, 0.717) is 12.1 Å². The molecule has 0 unspecified atom stereocenters. The van der Waals surface area contributed by atoms with E-state index in [9.17, 15) is 14.4 Å². The van der Waals surface area contributed by atoms with Gasteiger partial charge in [0.2, 0.25) is 17.7 Å². The summed E-state index contributed by atoms with van der Waals surface area (Å²) in [6, 6.07) is 16.5. The number of carbonyl (C=O) groups is 3. The van der Waals surface area contributed by atoms with Gasteiger partial charge in [0.15, 0.2) is 0 Å². The van der Waals surface area contributed by atoms with Crippen LogP contribution in [-0.2, 0) is 20.8 Å². The summed E-state index contributed by atoms with van der Waals surface area (Å²) in [6.45, 7) is 0.649. The van der Waals surface area contributed by atoms with Crippen LogP contribution in [0.2, 0.25) is 0 Å². The lowest BCUT2D eigenvalue weighted by molar-refractivity contribution is -0.123. The highest BCUT2D eigenvalue weighted by Crippen LogP contribution is 2.22. The fourth-order valence-corrected chi connectivity index (χ4v) is 2.87. The lowest BCUT2D eigenvalue weighted by Gasteiger charge is -2.16. The van der Waals surface area contributed by atoms with Crippen molar-refractivity contribution in [1.29, 1.82) is 0 Å². The first-order valence-electron chi connectivity index (χ1n) is 8.63. The molecule has 2 N–H and O–H groups in total. The Labute approximate surface area is 152 Å². The number of benzene rings is 2. The molecule has 1 heterocycles. The molecule has 134 valence electrons. The topological polar surface area (TPSA) is 78.5 Å². The molecule has 0 spiro atoms. The molecule has 1 aliphatic heterocycles. The molecule has 0 aliphatic carbocycles. The number of nitrogens with zero attached hydrogens (tertiary/aromatic N) is 1. The average Bonchev–Trinajstić information content (AvgIpc) is 3.07. The van der Waals surface area contributed by atoms with E-state index in [2.05, 4.69) is 10.6 Å². The zero-order chi connectivity index (χ0) is 18.4. The SMILES string of the molecule is O=C(Cc1ccccc1)NCC(=O)Nc1ccc(N2CCCC2=O)cc1. The Morgan fingerprint density at radius 3 is 2.35 bits per heavy atom. The highest BCUT2D eigenvalue weighted by molar-refractivity contribution is 5.97. The van der Waals surface area contributed by atoms with Crippen LogP contribution in [0.25, 0.3) is 0 Å². The maximum absolute atomic E-state index is 12.0. The van der Waals surface area contributed by atoms with Crippen LogP contribution in [-0.4, -0.2) is 30.8 Å².